The topological polar surface area (TPSA) is 84.3 Å². The van der Waals surface area contributed by atoms with Crippen LogP contribution < -0.4 is 11.2 Å². The summed E-state index contributed by atoms with van der Waals surface area (Å²) in [5.74, 6) is 0. The van der Waals surface area contributed by atoms with Gasteiger partial charge in [-0.25, -0.2) is 9.18 Å². The quantitative estimate of drug-likeness (QED) is 0.732. The highest BCUT2D eigenvalue weighted by Crippen LogP contribution is 2.29. The van der Waals surface area contributed by atoms with Crippen LogP contribution in [0.2, 0.25) is 0 Å². The number of alkyl halides is 1. The Bertz CT molecular complexity index is 524. The molecule has 1 aliphatic heterocycles. The SMILES string of the molecule is Cc1cn([C@@H]2C[C@@H](F)[C@@H](CO)O2)c(=O)[nH]c1=O. The Morgan fingerprint density at radius 1 is 1.65 bits per heavy atom. The number of nitrogens with zero attached hydrogens (tertiary/aromatic N) is 1. The number of hydrogen-bond donors (Lipinski definition) is 2. The summed E-state index contributed by atoms with van der Waals surface area (Å²) in [6, 6.07) is 0. The second-order valence-corrected chi connectivity index (χ2v) is 4.04. The van der Waals surface area contributed by atoms with Crippen molar-refractivity contribution in [1.82, 2.24) is 9.55 Å². The Morgan fingerprint density at radius 3 is 2.94 bits per heavy atom. The summed E-state index contributed by atoms with van der Waals surface area (Å²) in [5.41, 5.74) is -0.771. The van der Waals surface area contributed by atoms with Crippen LogP contribution in [-0.2, 0) is 4.74 Å². The van der Waals surface area contributed by atoms with Gasteiger partial charge >= 0.3 is 5.69 Å². The maximum absolute atomic E-state index is 13.4. The second-order valence-electron chi connectivity index (χ2n) is 4.04. The van der Waals surface area contributed by atoms with Crippen LogP contribution in [-0.4, -0.2) is 33.5 Å². The van der Waals surface area contributed by atoms with E-state index in [1.54, 1.807) is 6.92 Å². The maximum Gasteiger partial charge on any atom is 0.330 e. The summed E-state index contributed by atoms with van der Waals surface area (Å²) in [7, 11) is 0. The molecule has 0 bridgehead atoms. The lowest BCUT2D eigenvalue weighted by Gasteiger charge is -2.14. The van der Waals surface area contributed by atoms with E-state index in [0.717, 1.165) is 4.57 Å². The van der Waals surface area contributed by atoms with Crippen LogP contribution >= 0.6 is 0 Å². The third-order valence-electron chi connectivity index (χ3n) is 2.80. The lowest BCUT2D eigenvalue weighted by Crippen LogP contribution is -2.33. The normalized spacial score (nSPS) is 28.5. The number of aliphatic hydroxyl groups is 1. The highest BCUT2D eigenvalue weighted by molar-refractivity contribution is 5.02. The average Bonchev–Trinajstić information content (AvgIpc) is 2.65. The minimum Gasteiger partial charge on any atom is -0.394 e. The molecule has 0 saturated carbocycles. The van der Waals surface area contributed by atoms with Crippen molar-refractivity contribution < 1.29 is 14.2 Å². The summed E-state index contributed by atoms with van der Waals surface area (Å²) >= 11 is 0. The van der Waals surface area contributed by atoms with Gasteiger partial charge in [0, 0.05) is 18.2 Å². The van der Waals surface area contributed by atoms with Crippen LogP contribution in [0, 0.1) is 6.92 Å². The van der Waals surface area contributed by atoms with Gasteiger partial charge in [-0.15, -0.1) is 0 Å². The number of rotatable bonds is 2. The molecule has 0 spiro atoms. The Kier molecular flexibility index (Phi) is 3.12. The number of aromatic amines is 1. The molecule has 1 aromatic heterocycles. The monoisotopic (exact) mass is 244 g/mol. The molecule has 94 valence electrons. The number of hydrogen-bond acceptors (Lipinski definition) is 4. The zero-order valence-electron chi connectivity index (χ0n) is 9.22. The molecule has 1 aliphatic rings. The molecule has 6 nitrogen and oxygen atoms in total. The van der Waals surface area contributed by atoms with E-state index in [9.17, 15) is 14.0 Å². The van der Waals surface area contributed by atoms with Crippen LogP contribution in [0.3, 0.4) is 0 Å². The number of nitrogens with one attached hydrogen (secondary N) is 1. The van der Waals surface area contributed by atoms with E-state index in [1.165, 1.54) is 6.20 Å². The summed E-state index contributed by atoms with van der Waals surface area (Å²) in [6.45, 7) is 1.11. The van der Waals surface area contributed by atoms with Gasteiger partial charge in [0.05, 0.1) is 6.61 Å². The van der Waals surface area contributed by atoms with E-state index in [2.05, 4.69) is 4.98 Å². The number of ether oxygens (including phenoxy) is 1. The molecule has 7 heteroatoms. The van der Waals surface area contributed by atoms with E-state index in [0.29, 0.717) is 5.56 Å². The van der Waals surface area contributed by atoms with Crippen molar-refractivity contribution in [2.75, 3.05) is 6.61 Å². The molecular formula is C10H13FN2O4. The Balaban J connectivity index is 2.34. The standard InChI is InChI=1S/C10H13FN2O4/c1-5-3-13(10(16)12-9(5)15)8-2-6(11)7(4-14)17-8/h3,6-8,14H,2,4H2,1H3,(H,12,15,16)/t6-,7-,8+/m1/s1. The highest BCUT2D eigenvalue weighted by Gasteiger charge is 2.36. The minimum atomic E-state index is -1.32. The smallest absolute Gasteiger partial charge is 0.330 e. The fourth-order valence-electron chi connectivity index (χ4n) is 1.82. The zero-order chi connectivity index (χ0) is 12.6. The molecule has 1 aromatic rings. The molecule has 0 aromatic carbocycles. The van der Waals surface area contributed by atoms with Gasteiger partial charge in [-0.2, -0.15) is 0 Å². The van der Waals surface area contributed by atoms with Gasteiger partial charge in [0.15, 0.2) is 0 Å². The summed E-state index contributed by atoms with van der Waals surface area (Å²) < 4.78 is 19.7. The zero-order valence-corrected chi connectivity index (χ0v) is 9.22. The van der Waals surface area contributed by atoms with Crippen molar-refractivity contribution in [1.29, 1.82) is 0 Å². The van der Waals surface area contributed by atoms with E-state index in [-0.39, 0.29) is 6.42 Å². The van der Waals surface area contributed by atoms with E-state index < -0.39 is 36.4 Å². The lowest BCUT2D eigenvalue weighted by atomic mass is 10.2. The fourth-order valence-corrected chi connectivity index (χ4v) is 1.82. The lowest BCUT2D eigenvalue weighted by molar-refractivity contribution is -0.0356. The molecule has 0 aliphatic carbocycles. The highest BCUT2D eigenvalue weighted by atomic mass is 19.1. The van der Waals surface area contributed by atoms with Gasteiger partial charge in [0.25, 0.3) is 5.56 Å². The van der Waals surface area contributed by atoms with Crippen LogP contribution in [0.1, 0.15) is 18.2 Å². The number of halogens is 1. The fraction of sp³-hybridized carbons (Fsp3) is 0.600. The largest absolute Gasteiger partial charge is 0.394 e. The summed E-state index contributed by atoms with van der Waals surface area (Å²) in [6.07, 6.45) is -1.71. The van der Waals surface area contributed by atoms with Crippen LogP contribution in [0.4, 0.5) is 4.39 Å². The molecule has 2 heterocycles. The average molecular weight is 244 g/mol. The molecule has 0 amide bonds. The molecule has 3 atom stereocenters. The molecule has 1 fully saturated rings. The van der Waals surface area contributed by atoms with Crippen molar-refractivity contribution >= 4 is 0 Å². The Morgan fingerprint density at radius 2 is 2.35 bits per heavy atom. The van der Waals surface area contributed by atoms with Gasteiger partial charge in [-0.3, -0.25) is 14.3 Å². The van der Waals surface area contributed by atoms with Crippen LogP contribution in [0.15, 0.2) is 15.8 Å². The van der Waals surface area contributed by atoms with E-state index in [1.807, 2.05) is 0 Å². The van der Waals surface area contributed by atoms with E-state index in [4.69, 9.17) is 9.84 Å². The third-order valence-corrected chi connectivity index (χ3v) is 2.80. The molecule has 2 N–H and O–H groups in total. The Labute approximate surface area is 95.7 Å². The predicted molar refractivity (Wildman–Crippen MR) is 56.6 cm³/mol. The van der Waals surface area contributed by atoms with Crippen LogP contribution in [0.25, 0.3) is 0 Å². The van der Waals surface area contributed by atoms with Gasteiger partial charge < -0.3 is 9.84 Å². The summed E-state index contributed by atoms with van der Waals surface area (Å²) in [4.78, 5) is 24.8. The first-order chi connectivity index (χ1) is 8.02. The third kappa shape index (κ3) is 2.16. The Hall–Kier alpha value is -1.47. The number of aliphatic hydroxyl groups excluding tert-OH is 1. The maximum atomic E-state index is 13.4. The minimum absolute atomic E-state index is 0.0172. The van der Waals surface area contributed by atoms with Crippen molar-refractivity contribution in [3.8, 4) is 0 Å². The van der Waals surface area contributed by atoms with E-state index >= 15 is 0 Å². The molecule has 0 radical (unpaired) electrons. The first-order valence-corrected chi connectivity index (χ1v) is 5.25. The second kappa shape index (κ2) is 4.42. The molecule has 1 saturated heterocycles. The van der Waals surface area contributed by atoms with Crippen LogP contribution in [0.5, 0.6) is 0 Å². The van der Waals surface area contributed by atoms with Gasteiger partial charge in [0.1, 0.15) is 18.5 Å². The van der Waals surface area contributed by atoms with Gasteiger partial charge in [-0.1, -0.05) is 0 Å². The first-order valence-electron chi connectivity index (χ1n) is 5.25. The number of aromatic nitrogens is 2. The summed E-state index contributed by atoms with van der Waals surface area (Å²) in [5, 5.41) is 8.86. The molecule has 17 heavy (non-hydrogen) atoms. The van der Waals surface area contributed by atoms with Crippen molar-refractivity contribution in [2.45, 2.75) is 31.8 Å². The van der Waals surface area contributed by atoms with Crippen molar-refractivity contribution in [3.63, 3.8) is 0 Å². The number of aryl methyl sites for hydroxylation is 1. The molecule has 2 rings (SSSR count). The van der Waals surface area contributed by atoms with Crippen molar-refractivity contribution in [3.05, 3.63) is 32.6 Å². The van der Waals surface area contributed by atoms with Gasteiger partial charge in [-0.05, 0) is 6.92 Å². The van der Waals surface area contributed by atoms with Crippen molar-refractivity contribution in [2.24, 2.45) is 0 Å². The first kappa shape index (κ1) is 12.0. The number of H-pyrrole nitrogens is 1. The molecular weight excluding hydrogens is 231 g/mol. The molecule has 0 unspecified atom stereocenters. The predicted octanol–water partition coefficient (Wildman–Crippen LogP) is -0.537. The van der Waals surface area contributed by atoms with Gasteiger partial charge in [0.2, 0.25) is 0 Å².